The Labute approximate surface area is 197 Å². The fraction of sp³-hybridized carbons (Fsp3) is 0.333. The van der Waals surface area contributed by atoms with Gasteiger partial charge < -0.3 is 9.64 Å². The molecule has 0 aliphatic carbocycles. The molecule has 1 aliphatic rings. The van der Waals surface area contributed by atoms with Crippen LogP contribution in [0.4, 0.5) is 22.0 Å². The molecule has 4 rings (SSSR count). The Morgan fingerprint density at radius 2 is 1.89 bits per heavy atom. The molecule has 1 fully saturated rings. The lowest BCUT2D eigenvalue weighted by atomic mass is 9.90. The van der Waals surface area contributed by atoms with Crippen molar-refractivity contribution in [2.75, 3.05) is 13.2 Å². The smallest absolute Gasteiger partial charge is 0.417 e. The molecular formula is C24H21F5N4O2. The molecule has 1 saturated heterocycles. The number of aromatic nitrogens is 3. The third-order valence-electron chi connectivity index (χ3n) is 5.92. The number of halogens is 5. The molecule has 6 nitrogen and oxygen atoms in total. The van der Waals surface area contributed by atoms with E-state index in [1.807, 2.05) is 6.92 Å². The number of amides is 1. The van der Waals surface area contributed by atoms with Crippen LogP contribution in [0.2, 0.25) is 0 Å². The first-order valence-corrected chi connectivity index (χ1v) is 10.9. The van der Waals surface area contributed by atoms with E-state index in [1.54, 1.807) is 0 Å². The summed E-state index contributed by atoms with van der Waals surface area (Å²) in [6, 6.07) is 4.62. The average Bonchev–Trinajstić information content (AvgIpc) is 2.82. The summed E-state index contributed by atoms with van der Waals surface area (Å²) in [5.74, 6) is -2.68. The van der Waals surface area contributed by atoms with E-state index in [4.69, 9.17) is 4.74 Å². The van der Waals surface area contributed by atoms with Gasteiger partial charge in [0, 0.05) is 42.8 Å². The third kappa shape index (κ3) is 5.39. The number of rotatable bonds is 5. The fourth-order valence-electron chi connectivity index (χ4n) is 4.11. The Kier molecular flexibility index (Phi) is 6.95. The maximum absolute atomic E-state index is 14.9. The number of piperidine rings is 1. The topological polar surface area (TPSA) is 68.2 Å². The summed E-state index contributed by atoms with van der Waals surface area (Å²) >= 11 is 0. The summed E-state index contributed by atoms with van der Waals surface area (Å²) in [5, 5.41) is 0. The highest BCUT2D eigenvalue weighted by Crippen LogP contribution is 2.32. The molecule has 11 heteroatoms. The van der Waals surface area contributed by atoms with Crippen LogP contribution in [-0.2, 0) is 6.18 Å². The minimum absolute atomic E-state index is 0.000984. The molecule has 184 valence electrons. The highest BCUT2D eigenvalue weighted by Gasteiger charge is 2.36. The molecule has 3 heterocycles. The molecule has 1 amide bonds. The zero-order valence-corrected chi connectivity index (χ0v) is 18.6. The van der Waals surface area contributed by atoms with Gasteiger partial charge >= 0.3 is 6.18 Å². The van der Waals surface area contributed by atoms with E-state index in [0.717, 1.165) is 24.6 Å². The number of pyridine rings is 1. The predicted molar refractivity (Wildman–Crippen MR) is 115 cm³/mol. The zero-order chi connectivity index (χ0) is 25.2. The first kappa shape index (κ1) is 24.5. The van der Waals surface area contributed by atoms with Gasteiger partial charge in [0.1, 0.15) is 18.2 Å². The predicted octanol–water partition coefficient (Wildman–Crippen LogP) is 5.16. The highest BCUT2D eigenvalue weighted by atomic mass is 19.4. The van der Waals surface area contributed by atoms with Gasteiger partial charge in [-0.15, -0.1) is 0 Å². The van der Waals surface area contributed by atoms with Gasteiger partial charge in [0.25, 0.3) is 5.91 Å². The third-order valence-corrected chi connectivity index (χ3v) is 5.92. The van der Waals surface area contributed by atoms with Crippen LogP contribution in [-0.4, -0.2) is 45.0 Å². The number of ether oxygens (including phenoxy) is 1. The summed E-state index contributed by atoms with van der Waals surface area (Å²) < 4.78 is 72.9. The normalized spacial score (nSPS) is 18.4. The monoisotopic (exact) mass is 492 g/mol. The molecule has 0 saturated carbocycles. The Bertz CT molecular complexity index is 1190. The van der Waals surface area contributed by atoms with Crippen LogP contribution in [0.1, 0.15) is 35.7 Å². The fourth-order valence-corrected chi connectivity index (χ4v) is 4.11. The first-order valence-electron chi connectivity index (χ1n) is 10.9. The van der Waals surface area contributed by atoms with Crippen molar-refractivity contribution in [2.45, 2.75) is 32.0 Å². The van der Waals surface area contributed by atoms with Crippen molar-refractivity contribution in [3.05, 3.63) is 71.7 Å². The van der Waals surface area contributed by atoms with Crippen molar-refractivity contribution >= 4 is 5.91 Å². The lowest BCUT2D eigenvalue weighted by Gasteiger charge is -2.40. The second-order valence-corrected chi connectivity index (χ2v) is 8.26. The van der Waals surface area contributed by atoms with Crippen molar-refractivity contribution in [1.29, 1.82) is 0 Å². The van der Waals surface area contributed by atoms with E-state index >= 15 is 0 Å². The van der Waals surface area contributed by atoms with Gasteiger partial charge in [-0.25, -0.2) is 23.7 Å². The summed E-state index contributed by atoms with van der Waals surface area (Å²) in [5.41, 5.74) is -1.34. The molecule has 1 aliphatic heterocycles. The second kappa shape index (κ2) is 9.93. The molecule has 1 aromatic carbocycles. The lowest BCUT2D eigenvalue weighted by Crippen LogP contribution is -2.51. The Hall–Kier alpha value is -3.63. The SMILES string of the molecule is C[C@@H]1CCCN(C(=O)c2c(F)cc(F)cc2-c2ncccn2)[C@@H]1COc1ccc(C(F)(F)F)cn1. The van der Waals surface area contributed by atoms with Gasteiger partial charge in [-0.1, -0.05) is 6.92 Å². The molecule has 0 N–H and O–H groups in total. The molecule has 2 atom stereocenters. The Morgan fingerprint density at radius 3 is 2.54 bits per heavy atom. The van der Waals surface area contributed by atoms with E-state index in [1.165, 1.54) is 23.4 Å². The highest BCUT2D eigenvalue weighted by molar-refractivity contribution is 6.00. The number of carbonyl (C=O) groups is 1. The van der Waals surface area contributed by atoms with Gasteiger partial charge in [-0.05, 0) is 37.0 Å². The molecule has 0 unspecified atom stereocenters. The van der Waals surface area contributed by atoms with Crippen molar-refractivity contribution in [3.8, 4) is 17.3 Å². The summed E-state index contributed by atoms with van der Waals surface area (Å²) in [6.45, 7) is 2.13. The van der Waals surface area contributed by atoms with E-state index < -0.39 is 35.3 Å². The minimum Gasteiger partial charge on any atom is -0.475 e. The average molecular weight is 492 g/mol. The first-order chi connectivity index (χ1) is 16.6. The van der Waals surface area contributed by atoms with Crippen LogP contribution in [0.3, 0.4) is 0 Å². The largest absolute Gasteiger partial charge is 0.475 e. The van der Waals surface area contributed by atoms with Crippen molar-refractivity contribution < 1.29 is 31.5 Å². The van der Waals surface area contributed by atoms with E-state index in [0.29, 0.717) is 25.2 Å². The maximum atomic E-state index is 14.9. The van der Waals surface area contributed by atoms with Crippen LogP contribution in [0.5, 0.6) is 5.88 Å². The van der Waals surface area contributed by atoms with Crippen molar-refractivity contribution in [2.24, 2.45) is 5.92 Å². The van der Waals surface area contributed by atoms with Crippen LogP contribution in [0.25, 0.3) is 11.4 Å². The number of hydrogen-bond acceptors (Lipinski definition) is 5. The van der Waals surface area contributed by atoms with Gasteiger partial charge in [-0.3, -0.25) is 4.79 Å². The number of hydrogen-bond donors (Lipinski definition) is 0. The lowest BCUT2D eigenvalue weighted by molar-refractivity contribution is -0.137. The van der Waals surface area contributed by atoms with Gasteiger partial charge in [0.2, 0.25) is 5.88 Å². The van der Waals surface area contributed by atoms with Crippen molar-refractivity contribution in [3.63, 3.8) is 0 Å². The zero-order valence-electron chi connectivity index (χ0n) is 18.6. The standard InChI is InChI=1S/C24H21F5N4O2/c1-14-4-2-9-33(19(14)13-35-20-6-5-15(12-32-20)24(27,28)29)23(34)21-17(10-16(25)11-18(21)26)22-30-7-3-8-31-22/h3,5-8,10-12,14,19H,2,4,9,13H2,1H3/t14-,19-/m1/s1. The van der Waals surface area contributed by atoms with Crippen LogP contribution < -0.4 is 4.74 Å². The number of carbonyl (C=O) groups excluding carboxylic acids is 1. The number of alkyl halides is 3. The number of benzene rings is 1. The van der Waals surface area contributed by atoms with Gasteiger partial charge in [0.05, 0.1) is 17.2 Å². The molecule has 3 aromatic rings. The van der Waals surface area contributed by atoms with Crippen molar-refractivity contribution in [1.82, 2.24) is 19.9 Å². The number of likely N-dealkylation sites (tertiary alicyclic amines) is 1. The van der Waals surface area contributed by atoms with Crippen LogP contribution >= 0.6 is 0 Å². The minimum atomic E-state index is -4.52. The van der Waals surface area contributed by atoms with E-state index in [9.17, 15) is 26.7 Å². The number of nitrogens with zero attached hydrogens (tertiary/aromatic N) is 4. The quantitative estimate of drug-likeness (QED) is 0.461. The van der Waals surface area contributed by atoms with Crippen LogP contribution in [0, 0.1) is 17.6 Å². The van der Waals surface area contributed by atoms with Crippen LogP contribution in [0.15, 0.2) is 48.9 Å². The molecule has 0 radical (unpaired) electrons. The Balaban J connectivity index is 1.60. The molecule has 0 spiro atoms. The summed E-state index contributed by atoms with van der Waals surface area (Å²) in [4.78, 5) is 26.8. The summed E-state index contributed by atoms with van der Waals surface area (Å²) in [7, 11) is 0. The van der Waals surface area contributed by atoms with Gasteiger partial charge in [-0.2, -0.15) is 13.2 Å². The summed E-state index contributed by atoms with van der Waals surface area (Å²) in [6.07, 6.45) is 0.363. The second-order valence-electron chi connectivity index (χ2n) is 8.26. The molecule has 2 aromatic heterocycles. The van der Waals surface area contributed by atoms with E-state index in [2.05, 4.69) is 15.0 Å². The van der Waals surface area contributed by atoms with Gasteiger partial charge in [0.15, 0.2) is 5.82 Å². The van der Waals surface area contributed by atoms with E-state index in [-0.39, 0.29) is 35.4 Å². The maximum Gasteiger partial charge on any atom is 0.417 e. The molecule has 35 heavy (non-hydrogen) atoms. The molecule has 0 bridgehead atoms. The Morgan fingerprint density at radius 1 is 1.14 bits per heavy atom. The molecular weight excluding hydrogens is 471 g/mol.